The van der Waals surface area contributed by atoms with Gasteiger partial charge in [-0.15, -0.1) is 0 Å². The van der Waals surface area contributed by atoms with Gasteiger partial charge in [-0.3, -0.25) is 4.79 Å². The van der Waals surface area contributed by atoms with Gasteiger partial charge < -0.3 is 15.0 Å². The Kier molecular flexibility index (Phi) is 4.19. The first-order valence-corrected chi connectivity index (χ1v) is 8.54. The maximum Gasteiger partial charge on any atom is 0.253 e. The zero-order chi connectivity index (χ0) is 17.2. The zero-order valence-corrected chi connectivity index (χ0v) is 13.8. The number of carbonyl (C=O) groups excluding carboxylic acids is 1. The lowest BCUT2D eigenvalue weighted by Crippen LogP contribution is -2.50. The van der Waals surface area contributed by atoms with Crippen LogP contribution in [0.25, 0.3) is 11.2 Å². The van der Waals surface area contributed by atoms with Crippen molar-refractivity contribution in [3.63, 3.8) is 0 Å². The molecule has 0 bridgehead atoms. The SMILES string of the molecule is O=C(N[C@H]1CC[C@H]1O)c1cnc2c(c1)ncn2CCc1ccccc1. The van der Waals surface area contributed by atoms with Crippen LogP contribution in [0.4, 0.5) is 0 Å². The van der Waals surface area contributed by atoms with Crippen molar-refractivity contribution in [1.82, 2.24) is 19.9 Å². The van der Waals surface area contributed by atoms with Gasteiger partial charge in [0.15, 0.2) is 5.65 Å². The molecule has 2 N–H and O–H groups in total. The van der Waals surface area contributed by atoms with Crippen LogP contribution >= 0.6 is 0 Å². The average Bonchev–Trinajstić information content (AvgIpc) is 3.06. The fourth-order valence-corrected chi connectivity index (χ4v) is 3.03. The molecular formula is C19H20N4O2. The van der Waals surface area contributed by atoms with Crippen LogP contribution in [-0.2, 0) is 13.0 Å². The van der Waals surface area contributed by atoms with Crippen molar-refractivity contribution < 1.29 is 9.90 Å². The maximum atomic E-state index is 12.3. The number of nitrogens with one attached hydrogen (secondary N) is 1. The highest BCUT2D eigenvalue weighted by atomic mass is 16.3. The van der Waals surface area contributed by atoms with E-state index in [0.717, 1.165) is 31.5 Å². The number of fused-ring (bicyclic) bond motifs is 1. The summed E-state index contributed by atoms with van der Waals surface area (Å²) < 4.78 is 2.00. The van der Waals surface area contributed by atoms with Crippen molar-refractivity contribution in [2.24, 2.45) is 0 Å². The molecule has 2 atom stereocenters. The minimum absolute atomic E-state index is 0.147. The molecule has 4 rings (SSSR count). The summed E-state index contributed by atoms with van der Waals surface area (Å²) in [6, 6.07) is 11.9. The Balaban J connectivity index is 1.47. The van der Waals surface area contributed by atoms with Crippen molar-refractivity contribution in [3.05, 3.63) is 60.0 Å². The molecule has 128 valence electrons. The van der Waals surface area contributed by atoms with Gasteiger partial charge in [0.2, 0.25) is 0 Å². The topological polar surface area (TPSA) is 80.0 Å². The lowest BCUT2D eigenvalue weighted by molar-refractivity contribution is 0.0447. The number of nitrogens with zero attached hydrogens (tertiary/aromatic N) is 3. The summed E-state index contributed by atoms with van der Waals surface area (Å²) in [6.07, 6.45) is 5.36. The molecule has 1 saturated carbocycles. The quantitative estimate of drug-likeness (QED) is 0.746. The molecule has 0 spiro atoms. The number of aliphatic hydroxyl groups excluding tert-OH is 1. The first kappa shape index (κ1) is 15.8. The first-order valence-electron chi connectivity index (χ1n) is 8.54. The summed E-state index contributed by atoms with van der Waals surface area (Å²) in [4.78, 5) is 21.1. The van der Waals surface area contributed by atoms with Crippen molar-refractivity contribution in [1.29, 1.82) is 0 Å². The predicted molar refractivity (Wildman–Crippen MR) is 94.2 cm³/mol. The average molecular weight is 336 g/mol. The van der Waals surface area contributed by atoms with Crippen molar-refractivity contribution in [3.8, 4) is 0 Å². The number of carbonyl (C=O) groups is 1. The van der Waals surface area contributed by atoms with E-state index < -0.39 is 6.10 Å². The summed E-state index contributed by atoms with van der Waals surface area (Å²) in [5.41, 5.74) is 3.21. The molecule has 0 radical (unpaired) electrons. The molecule has 0 aliphatic heterocycles. The Hall–Kier alpha value is -2.73. The molecule has 1 aliphatic carbocycles. The predicted octanol–water partition coefficient (Wildman–Crippen LogP) is 1.93. The van der Waals surface area contributed by atoms with E-state index in [4.69, 9.17) is 0 Å². The number of aliphatic hydroxyl groups is 1. The molecule has 1 amide bonds. The van der Waals surface area contributed by atoms with Crippen LogP contribution in [0.5, 0.6) is 0 Å². The van der Waals surface area contributed by atoms with E-state index in [1.54, 1.807) is 18.6 Å². The first-order chi connectivity index (χ1) is 12.2. The smallest absolute Gasteiger partial charge is 0.253 e. The summed E-state index contributed by atoms with van der Waals surface area (Å²) in [6.45, 7) is 0.785. The van der Waals surface area contributed by atoms with Gasteiger partial charge in [-0.2, -0.15) is 0 Å². The summed E-state index contributed by atoms with van der Waals surface area (Å²) in [7, 11) is 0. The number of aryl methyl sites for hydroxylation is 2. The van der Waals surface area contributed by atoms with Crippen molar-refractivity contribution >= 4 is 17.1 Å². The largest absolute Gasteiger partial charge is 0.391 e. The highest BCUT2D eigenvalue weighted by molar-refractivity contribution is 5.96. The third-order valence-electron chi connectivity index (χ3n) is 4.76. The highest BCUT2D eigenvalue weighted by Crippen LogP contribution is 2.20. The lowest BCUT2D eigenvalue weighted by atomic mass is 9.89. The Morgan fingerprint density at radius 3 is 2.80 bits per heavy atom. The van der Waals surface area contributed by atoms with E-state index in [1.165, 1.54) is 5.56 Å². The van der Waals surface area contributed by atoms with E-state index in [1.807, 2.05) is 22.8 Å². The zero-order valence-electron chi connectivity index (χ0n) is 13.8. The standard InChI is InChI=1S/C19H20N4O2/c24-17-7-6-15(17)22-19(25)14-10-16-18(20-11-14)23(12-21-16)9-8-13-4-2-1-3-5-13/h1-5,10-12,15,17,24H,6-9H2,(H,22,25)/t15-,17+/m0/s1. The number of imidazole rings is 1. The van der Waals surface area contributed by atoms with Crippen LogP contribution in [0.15, 0.2) is 48.9 Å². The number of pyridine rings is 1. The number of rotatable bonds is 5. The van der Waals surface area contributed by atoms with E-state index >= 15 is 0 Å². The molecule has 25 heavy (non-hydrogen) atoms. The van der Waals surface area contributed by atoms with Crippen molar-refractivity contribution in [2.75, 3.05) is 0 Å². The van der Waals surface area contributed by atoms with Gasteiger partial charge >= 0.3 is 0 Å². The van der Waals surface area contributed by atoms with Gasteiger partial charge in [0.1, 0.15) is 5.52 Å². The molecule has 2 heterocycles. The second-order valence-corrected chi connectivity index (χ2v) is 6.46. The number of benzene rings is 1. The van der Waals surface area contributed by atoms with E-state index in [9.17, 15) is 9.90 Å². The fourth-order valence-electron chi connectivity index (χ4n) is 3.03. The Morgan fingerprint density at radius 2 is 2.08 bits per heavy atom. The number of hydrogen-bond donors (Lipinski definition) is 2. The van der Waals surface area contributed by atoms with E-state index in [-0.39, 0.29) is 11.9 Å². The van der Waals surface area contributed by atoms with Gasteiger partial charge in [0.25, 0.3) is 5.91 Å². The monoisotopic (exact) mass is 336 g/mol. The second kappa shape index (κ2) is 6.64. The van der Waals surface area contributed by atoms with Crippen LogP contribution in [0.3, 0.4) is 0 Å². The minimum Gasteiger partial charge on any atom is -0.391 e. The van der Waals surface area contributed by atoms with Crippen LogP contribution in [0.1, 0.15) is 28.8 Å². The van der Waals surface area contributed by atoms with E-state index in [2.05, 4.69) is 27.4 Å². The third kappa shape index (κ3) is 3.25. The lowest BCUT2D eigenvalue weighted by Gasteiger charge is -2.32. The number of hydrogen-bond acceptors (Lipinski definition) is 4. The van der Waals surface area contributed by atoms with Crippen LogP contribution in [-0.4, -0.2) is 37.7 Å². The Morgan fingerprint density at radius 1 is 1.24 bits per heavy atom. The molecule has 3 aromatic rings. The normalized spacial score (nSPS) is 19.6. The van der Waals surface area contributed by atoms with E-state index in [0.29, 0.717) is 11.1 Å². The molecular weight excluding hydrogens is 316 g/mol. The molecule has 6 heteroatoms. The molecule has 0 saturated heterocycles. The number of amides is 1. The van der Waals surface area contributed by atoms with Crippen LogP contribution in [0.2, 0.25) is 0 Å². The minimum atomic E-state index is -0.433. The summed E-state index contributed by atoms with van der Waals surface area (Å²) in [5.74, 6) is -0.211. The van der Waals surface area contributed by atoms with Crippen LogP contribution in [0, 0.1) is 0 Å². The molecule has 2 aromatic heterocycles. The maximum absolute atomic E-state index is 12.3. The Bertz CT molecular complexity index is 891. The highest BCUT2D eigenvalue weighted by Gasteiger charge is 2.30. The molecule has 1 fully saturated rings. The van der Waals surface area contributed by atoms with Gasteiger partial charge in [0, 0.05) is 12.7 Å². The number of aromatic nitrogens is 3. The molecule has 0 unspecified atom stereocenters. The molecule has 1 aromatic carbocycles. The summed E-state index contributed by atoms with van der Waals surface area (Å²) in [5, 5.41) is 12.4. The second-order valence-electron chi connectivity index (χ2n) is 6.46. The third-order valence-corrected chi connectivity index (χ3v) is 4.76. The van der Waals surface area contributed by atoms with Gasteiger partial charge in [0.05, 0.1) is 24.0 Å². The fraction of sp³-hybridized carbons (Fsp3) is 0.316. The van der Waals surface area contributed by atoms with Crippen molar-refractivity contribution in [2.45, 2.75) is 38.0 Å². The summed E-state index contributed by atoms with van der Waals surface area (Å²) >= 11 is 0. The molecule has 6 nitrogen and oxygen atoms in total. The van der Waals surface area contributed by atoms with Crippen LogP contribution < -0.4 is 5.32 Å². The molecule has 1 aliphatic rings. The van der Waals surface area contributed by atoms with Gasteiger partial charge in [-0.1, -0.05) is 30.3 Å². The van der Waals surface area contributed by atoms with Gasteiger partial charge in [-0.25, -0.2) is 9.97 Å². The van der Waals surface area contributed by atoms with Gasteiger partial charge in [-0.05, 0) is 30.9 Å². The Labute approximate surface area is 145 Å².